The summed E-state index contributed by atoms with van der Waals surface area (Å²) in [4.78, 5) is 13.5. The summed E-state index contributed by atoms with van der Waals surface area (Å²) in [7, 11) is 0. The number of rotatable bonds is 8. The minimum Gasteiger partial charge on any atom is -0.476 e. The molecule has 0 amide bonds. The molecular weight excluding hydrogens is 386 g/mol. The zero-order chi connectivity index (χ0) is 20.1. The molecule has 5 nitrogen and oxygen atoms in total. The van der Waals surface area contributed by atoms with E-state index in [9.17, 15) is 4.79 Å². The van der Waals surface area contributed by atoms with Gasteiger partial charge in [0.25, 0.3) is 0 Å². The first-order valence-electron chi connectivity index (χ1n) is 10.3. The second-order valence-electron chi connectivity index (χ2n) is 7.54. The van der Waals surface area contributed by atoms with E-state index in [1.165, 1.54) is 6.42 Å². The van der Waals surface area contributed by atoms with Crippen LogP contribution in [0.4, 0.5) is 0 Å². The maximum Gasteiger partial charge on any atom is 0.240 e. The monoisotopic (exact) mass is 411 g/mol. The molecule has 0 spiro atoms. The van der Waals surface area contributed by atoms with Crippen molar-refractivity contribution in [2.45, 2.75) is 38.3 Å². The van der Waals surface area contributed by atoms with Gasteiger partial charge in [-0.1, -0.05) is 42.3 Å². The van der Waals surface area contributed by atoms with Gasteiger partial charge in [0.15, 0.2) is 0 Å². The number of fused-ring (bicyclic) bond motifs is 1. The SMILES string of the molecule is O=CC1CCCCN1CCCOc1nn(Cc2ccc(Cl)cc2)c2ccccc12. The quantitative estimate of drug-likeness (QED) is 0.402. The van der Waals surface area contributed by atoms with Crippen molar-refractivity contribution in [3.63, 3.8) is 0 Å². The predicted molar refractivity (Wildman–Crippen MR) is 116 cm³/mol. The molecule has 3 aromatic rings. The predicted octanol–water partition coefficient (Wildman–Crippen LogP) is 4.56. The molecule has 2 aromatic carbocycles. The summed E-state index contributed by atoms with van der Waals surface area (Å²) >= 11 is 5.99. The van der Waals surface area contributed by atoms with Crippen molar-refractivity contribution in [1.82, 2.24) is 14.7 Å². The van der Waals surface area contributed by atoms with Gasteiger partial charge in [-0.2, -0.15) is 0 Å². The smallest absolute Gasteiger partial charge is 0.240 e. The van der Waals surface area contributed by atoms with Crippen LogP contribution in [0.1, 0.15) is 31.2 Å². The molecule has 29 heavy (non-hydrogen) atoms. The molecule has 0 saturated carbocycles. The van der Waals surface area contributed by atoms with Gasteiger partial charge in [0.05, 0.1) is 30.1 Å². The number of hydrogen-bond donors (Lipinski definition) is 0. The normalized spacial score (nSPS) is 17.5. The Morgan fingerprint density at radius 3 is 2.79 bits per heavy atom. The maximum absolute atomic E-state index is 11.2. The highest BCUT2D eigenvalue weighted by Gasteiger charge is 2.21. The standard InChI is InChI=1S/C23H26ClN3O2/c24-19-11-9-18(10-12-19)16-27-22-8-2-1-7-21(22)23(25-27)29-15-5-14-26-13-4-3-6-20(26)17-28/h1-2,7-12,17,20H,3-6,13-16H2. The number of benzene rings is 2. The molecule has 1 unspecified atom stereocenters. The molecule has 1 atom stereocenters. The highest BCUT2D eigenvalue weighted by molar-refractivity contribution is 6.30. The number of likely N-dealkylation sites (tertiary alicyclic amines) is 1. The number of aromatic nitrogens is 2. The Hall–Kier alpha value is -2.37. The highest BCUT2D eigenvalue weighted by atomic mass is 35.5. The first-order chi connectivity index (χ1) is 14.2. The van der Waals surface area contributed by atoms with Gasteiger partial charge in [-0.15, -0.1) is 5.10 Å². The summed E-state index contributed by atoms with van der Waals surface area (Å²) < 4.78 is 8.02. The van der Waals surface area contributed by atoms with Crippen LogP contribution < -0.4 is 4.74 Å². The van der Waals surface area contributed by atoms with Crippen LogP contribution in [-0.4, -0.2) is 46.7 Å². The number of nitrogens with zero attached hydrogens (tertiary/aromatic N) is 3. The van der Waals surface area contributed by atoms with Crippen molar-refractivity contribution >= 4 is 28.8 Å². The fraction of sp³-hybridized carbons (Fsp3) is 0.391. The van der Waals surface area contributed by atoms with Crippen LogP contribution in [0.15, 0.2) is 48.5 Å². The van der Waals surface area contributed by atoms with Gasteiger partial charge < -0.3 is 9.53 Å². The average molecular weight is 412 g/mol. The lowest BCUT2D eigenvalue weighted by atomic mass is 10.0. The van der Waals surface area contributed by atoms with Crippen molar-refractivity contribution in [3.05, 3.63) is 59.1 Å². The van der Waals surface area contributed by atoms with E-state index in [-0.39, 0.29) is 6.04 Å². The van der Waals surface area contributed by atoms with Crippen molar-refractivity contribution in [1.29, 1.82) is 0 Å². The van der Waals surface area contributed by atoms with Crippen LogP contribution in [0.25, 0.3) is 10.9 Å². The van der Waals surface area contributed by atoms with E-state index in [0.717, 1.165) is 60.1 Å². The van der Waals surface area contributed by atoms with Crippen molar-refractivity contribution < 1.29 is 9.53 Å². The molecule has 4 rings (SSSR count). The van der Waals surface area contributed by atoms with E-state index in [0.29, 0.717) is 19.0 Å². The van der Waals surface area contributed by atoms with Crippen LogP contribution in [0.3, 0.4) is 0 Å². The van der Waals surface area contributed by atoms with Crippen LogP contribution in [0.5, 0.6) is 5.88 Å². The topological polar surface area (TPSA) is 47.4 Å². The average Bonchev–Trinajstić information content (AvgIpc) is 3.10. The molecule has 1 aliphatic heterocycles. The summed E-state index contributed by atoms with van der Waals surface area (Å²) in [6.07, 6.45) is 5.26. The maximum atomic E-state index is 11.2. The number of aldehydes is 1. The number of carbonyl (C=O) groups excluding carboxylic acids is 1. The molecule has 1 aromatic heterocycles. The molecule has 6 heteroatoms. The largest absolute Gasteiger partial charge is 0.476 e. The number of carbonyl (C=O) groups is 1. The first-order valence-corrected chi connectivity index (χ1v) is 10.6. The van der Waals surface area contributed by atoms with Crippen molar-refractivity contribution in [2.75, 3.05) is 19.7 Å². The van der Waals surface area contributed by atoms with E-state index in [2.05, 4.69) is 11.0 Å². The zero-order valence-corrected chi connectivity index (χ0v) is 17.2. The van der Waals surface area contributed by atoms with Gasteiger partial charge >= 0.3 is 0 Å². The molecule has 2 heterocycles. The third kappa shape index (κ3) is 4.80. The van der Waals surface area contributed by atoms with Crippen molar-refractivity contribution in [3.8, 4) is 5.88 Å². The van der Waals surface area contributed by atoms with Gasteiger partial charge in [0.1, 0.15) is 6.29 Å². The number of hydrogen-bond acceptors (Lipinski definition) is 4. The van der Waals surface area contributed by atoms with Crippen LogP contribution in [-0.2, 0) is 11.3 Å². The molecule has 152 valence electrons. The Labute approximate surface area is 176 Å². The van der Waals surface area contributed by atoms with Gasteiger partial charge in [-0.05, 0) is 55.6 Å². The Kier molecular flexibility index (Phi) is 6.47. The summed E-state index contributed by atoms with van der Waals surface area (Å²) in [6.45, 7) is 3.13. The number of ether oxygens (including phenoxy) is 1. The molecule has 0 aliphatic carbocycles. The Morgan fingerprint density at radius 1 is 1.14 bits per heavy atom. The van der Waals surface area contributed by atoms with Crippen LogP contribution in [0, 0.1) is 0 Å². The van der Waals surface area contributed by atoms with Crippen molar-refractivity contribution in [2.24, 2.45) is 0 Å². The second kappa shape index (κ2) is 9.42. The molecular formula is C23H26ClN3O2. The van der Waals surface area contributed by atoms with E-state index in [4.69, 9.17) is 21.4 Å². The highest BCUT2D eigenvalue weighted by Crippen LogP contribution is 2.26. The van der Waals surface area contributed by atoms with Gasteiger partial charge in [0, 0.05) is 11.6 Å². The van der Waals surface area contributed by atoms with Crippen LogP contribution in [0.2, 0.25) is 5.02 Å². The summed E-state index contributed by atoms with van der Waals surface area (Å²) in [5.41, 5.74) is 2.19. The lowest BCUT2D eigenvalue weighted by molar-refractivity contribution is -0.113. The van der Waals surface area contributed by atoms with Gasteiger partial charge in [0.2, 0.25) is 5.88 Å². The molecule has 0 N–H and O–H groups in total. The Morgan fingerprint density at radius 2 is 1.97 bits per heavy atom. The Balaban J connectivity index is 1.41. The number of halogens is 1. The fourth-order valence-corrected chi connectivity index (χ4v) is 4.10. The second-order valence-corrected chi connectivity index (χ2v) is 7.98. The minimum atomic E-state index is 0.0724. The third-order valence-corrected chi connectivity index (χ3v) is 5.77. The molecule has 1 saturated heterocycles. The molecule has 1 aliphatic rings. The Bertz CT molecular complexity index is 954. The molecule has 0 bridgehead atoms. The van der Waals surface area contributed by atoms with Crippen LogP contribution >= 0.6 is 11.6 Å². The summed E-state index contributed by atoms with van der Waals surface area (Å²) in [5, 5.41) is 6.46. The van der Waals surface area contributed by atoms with E-state index in [1.54, 1.807) is 0 Å². The van der Waals surface area contributed by atoms with Gasteiger partial charge in [-0.25, -0.2) is 0 Å². The van der Waals surface area contributed by atoms with E-state index >= 15 is 0 Å². The minimum absolute atomic E-state index is 0.0724. The molecule has 0 radical (unpaired) electrons. The number of para-hydroxylation sites is 1. The summed E-state index contributed by atoms with van der Waals surface area (Å²) in [6, 6.07) is 16.0. The fourth-order valence-electron chi connectivity index (χ4n) is 3.97. The lowest BCUT2D eigenvalue weighted by Gasteiger charge is -2.32. The van der Waals surface area contributed by atoms with E-state index < -0.39 is 0 Å². The number of piperidine rings is 1. The molecule has 1 fully saturated rings. The zero-order valence-electron chi connectivity index (χ0n) is 16.5. The summed E-state index contributed by atoms with van der Waals surface area (Å²) in [5.74, 6) is 0.667. The van der Waals surface area contributed by atoms with Gasteiger partial charge in [-0.3, -0.25) is 9.58 Å². The first kappa shape index (κ1) is 19.9. The lowest BCUT2D eigenvalue weighted by Crippen LogP contribution is -2.41. The van der Waals surface area contributed by atoms with E-state index in [1.807, 2.05) is 47.1 Å². The third-order valence-electron chi connectivity index (χ3n) is 5.52.